The highest BCUT2D eigenvalue weighted by atomic mass is 32.1. The van der Waals surface area contributed by atoms with E-state index in [1.165, 1.54) is 11.3 Å². The maximum Gasteiger partial charge on any atom is 0.263 e. The molecule has 22 heavy (non-hydrogen) atoms. The number of nitrogens with zero attached hydrogens (tertiary/aromatic N) is 1. The van der Waals surface area contributed by atoms with E-state index in [4.69, 9.17) is 4.74 Å². The summed E-state index contributed by atoms with van der Waals surface area (Å²) in [6, 6.07) is 7.26. The van der Waals surface area contributed by atoms with E-state index in [9.17, 15) is 9.90 Å². The van der Waals surface area contributed by atoms with Crippen molar-refractivity contribution < 1.29 is 14.6 Å². The van der Waals surface area contributed by atoms with Crippen molar-refractivity contribution >= 4 is 17.2 Å². The highest BCUT2D eigenvalue weighted by Gasteiger charge is 2.13. The van der Waals surface area contributed by atoms with Crippen LogP contribution in [0.3, 0.4) is 0 Å². The number of aryl methyl sites for hydroxylation is 1. The molecule has 0 saturated heterocycles. The second kappa shape index (κ2) is 7.38. The number of hydrogen-bond acceptors (Lipinski definition) is 5. The van der Waals surface area contributed by atoms with Crippen molar-refractivity contribution in [3.05, 3.63) is 45.9 Å². The third kappa shape index (κ3) is 4.54. The summed E-state index contributed by atoms with van der Waals surface area (Å²) in [6.45, 7) is 5.87. The number of nitrogens with one attached hydrogen (secondary N) is 1. The molecule has 0 unspecified atom stereocenters. The van der Waals surface area contributed by atoms with Gasteiger partial charge in [0.2, 0.25) is 0 Å². The van der Waals surface area contributed by atoms with Gasteiger partial charge in [-0.3, -0.25) is 4.79 Å². The minimum Gasteiger partial charge on any atom is -0.491 e. The molecule has 0 saturated carbocycles. The maximum absolute atomic E-state index is 11.9. The molecule has 6 heteroatoms. The molecule has 1 atom stereocenters. The van der Waals surface area contributed by atoms with Gasteiger partial charge in [-0.25, -0.2) is 4.98 Å². The Bertz CT molecular complexity index is 640. The summed E-state index contributed by atoms with van der Waals surface area (Å²) in [7, 11) is 0. The Morgan fingerprint density at radius 2 is 2.23 bits per heavy atom. The van der Waals surface area contributed by atoms with Gasteiger partial charge in [0.25, 0.3) is 5.91 Å². The first-order chi connectivity index (χ1) is 10.5. The third-order valence-corrected chi connectivity index (χ3v) is 3.83. The number of aliphatic hydroxyl groups is 1. The SMILES string of the molecule is Cc1ncc(C(=O)NC[C@@H](O)c2cccc(OC(C)C)c2)s1. The minimum atomic E-state index is -0.784. The molecular formula is C16H20N2O3S. The fourth-order valence-corrected chi connectivity index (χ4v) is 2.62. The lowest BCUT2D eigenvalue weighted by atomic mass is 10.1. The summed E-state index contributed by atoms with van der Waals surface area (Å²) in [6.07, 6.45) is 0.828. The number of aromatic nitrogens is 1. The average molecular weight is 320 g/mol. The number of hydrogen-bond donors (Lipinski definition) is 2. The summed E-state index contributed by atoms with van der Waals surface area (Å²) in [4.78, 5) is 16.5. The Morgan fingerprint density at radius 1 is 1.45 bits per heavy atom. The predicted molar refractivity (Wildman–Crippen MR) is 86.4 cm³/mol. The smallest absolute Gasteiger partial charge is 0.263 e. The summed E-state index contributed by atoms with van der Waals surface area (Å²) >= 11 is 1.33. The van der Waals surface area contributed by atoms with Crippen molar-refractivity contribution in [1.82, 2.24) is 10.3 Å². The lowest BCUT2D eigenvalue weighted by Gasteiger charge is -2.14. The van der Waals surface area contributed by atoms with Gasteiger partial charge in [0, 0.05) is 6.54 Å². The van der Waals surface area contributed by atoms with Gasteiger partial charge in [-0.15, -0.1) is 11.3 Å². The largest absolute Gasteiger partial charge is 0.491 e. The molecule has 1 amide bonds. The number of carbonyl (C=O) groups excluding carboxylic acids is 1. The van der Waals surface area contributed by atoms with Crippen molar-refractivity contribution in [3.8, 4) is 5.75 Å². The summed E-state index contributed by atoms with van der Waals surface area (Å²) < 4.78 is 5.60. The summed E-state index contributed by atoms with van der Waals surface area (Å²) in [5, 5.41) is 13.7. The van der Waals surface area contributed by atoms with Crippen molar-refractivity contribution in [3.63, 3.8) is 0 Å². The average Bonchev–Trinajstić information content (AvgIpc) is 2.90. The van der Waals surface area contributed by atoms with E-state index >= 15 is 0 Å². The molecular weight excluding hydrogens is 300 g/mol. The normalized spacial score (nSPS) is 12.2. The number of benzene rings is 1. The standard InChI is InChI=1S/C16H20N2O3S/c1-10(2)21-13-6-4-5-12(7-13)14(19)8-18-16(20)15-9-17-11(3)22-15/h4-7,9-10,14,19H,8H2,1-3H3,(H,18,20)/t14-/m1/s1. The quantitative estimate of drug-likeness (QED) is 0.858. The predicted octanol–water partition coefficient (Wildman–Crippen LogP) is 2.70. The second-order valence-corrected chi connectivity index (χ2v) is 6.44. The lowest BCUT2D eigenvalue weighted by Crippen LogP contribution is -2.27. The van der Waals surface area contributed by atoms with E-state index in [1.54, 1.807) is 18.3 Å². The monoisotopic (exact) mass is 320 g/mol. The van der Waals surface area contributed by atoms with Crippen LogP contribution in [0.5, 0.6) is 5.75 Å². The van der Waals surface area contributed by atoms with E-state index in [-0.39, 0.29) is 18.6 Å². The topological polar surface area (TPSA) is 71.5 Å². The zero-order chi connectivity index (χ0) is 16.1. The zero-order valence-corrected chi connectivity index (χ0v) is 13.7. The number of amides is 1. The minimum absolute atomic E-state index is 0.0710. The number of aliphatic hydroxyl groups excluding tert-OH is 1. The molecule has 1 heterocycles. The van der Waals surface area contributed by atoms with E-state index in [2.05, 4.69) is 10.3 Å². The fraction of sp³-hybridized carbons (Fsp3) is 0.375. The van der Waals surface area contributed by atoms with Gasteiger partial charge in [0.15, 0.2) is 0 Å². The van der Waals surface area contributed by atoms with Crippen molar-refractivity contribution in [1.29, 1.82) is 0 Å². The van der Waals surface area contributed by atoms with Crippen LogP contribution >= 0.6 is 11.3 Å². The first kappa shape index (κ1) is 16.5. The van der Waals surface area contributed by atoms with E-state index in [1.807, 2.05) is 32.9 Å². The third-order valence-electron chi connectivity index (χ3n) is 2.92. The van der Waals surface area contributed by atoms with Crippen molar-refractivity contribution in [2.45, 2.75) is 33.0 Å². The molecule has 0 spiro atoms. The molecule has 5 nitrogen and oxygen atoms in total. The zero-order valence-electron chi connectivity index (χ0n) is 12.9. The maximum atomic E-state index is 11.9. The first-order valence-corrected chi connectivity index (χ1v) is 7.92. The molecule has 0 aliphatic carbocycles. The van der Waals surface area contributed by atoms with Crippen LogP contribution in [0.25, 0.3) is 0 Å². The molecule has 0 radical (unpaired) electrons. The molecule has 0 bridgehead atoms. The summed E-state index contributed by atoms with van der Waals surface area (Å²) in [5.74, 6) is 0.482. The van der Waals surface area contributed by atoms with E-state index < -0.39 is 6.10 Å². The molecule has 118 valence electrons. The highest BCUT2D eigenvalue weighted by Crippen LogP contribution is 2.20. The van der Waals surface area contributed by atoms with Crippen molar-refractivity contribution in [2.24, 2.45) is 0 Å². The Labute approximate surface area is 134 Å². The van der Waals surface area contributed by atoms with Crippen LogP contribution < -0.4 is 10.1 Å². The molecule has 2 N–H and O–H groups in total. The Kier molecular flexibility index (Phi) is 5.51. The van der Waals surface area contributed by atoms with Gasteiger partial charge in [-0.1, -0.05) is 12.1 Å². The van der Waals surface area contributed by atoms with Crippen LogP contribution in [-0.2, 0) is 0 Å². The molecule has 2 rings (SSSR count). The number of rotatable bonds is 6. The van der Waals surface area contributed by atoms with Crippen LogP contribution in [0.4, 0.5) is 0 Å². The molecule has 0 aliphatic rings. The Balaban J connectivity index is 1.94. The van der Waals surface area contributed by atoms with Crippen LogP contribution in [0, 0.1) is 6.92 Å². The first-order valence-electron chi connectivity index (χ1n) is 7.11. The van der Waals surface area contributed by atoms with E-state index in [0.29, 0.717) is 16.2 Å². The van der Waals surface area contributed by atoms with Gasteiger partial charge >= 0.3 is 0 Å². The molecule has 0 aliphatic heterocycles. The van der Waals surface area contributed by atoms with Crippen LogP contribution in [0.1, 0.15) is 40.2 Å². The number of thiazole rings is 1. The molecule has 1 aromatic heterocycles. The lowest BCUT2D eigenvalue weighted by molar-refractivity contribution is 0.0920. The molecule has 1 aromatic carbocycles. The summed E-state index contributed by atoms with van der Waals surface area (Å²) in [5.41, 5.74) is 0.707. The number of carbonyl (C=O) groups is 1. The van der Waals surface area contributed by atoms with Gasteiger partial charge in [0.05, 0.1) is 23.4 Å². The highest BCUT2D eigenvalue weighted by molar-refractivity contribution is 7.13. The van der Waals surface area contributed by atoms with Gasteiger partial charge in [-0.2, -0.15) is 0 Å². The van der Waals surface area contributed by atoms with Gasteiger partial charge in [0.1, 0.15) is 10.6 Å². The van der Waals surface area contributed by atoms with Crippen molar-refractivity contribution in [2.75, 3.05) is 6.54 Å². The van der Waals surface area contributed by atoms with Gasteiger partial charge in [-0.05, 0) is 38.5 Å². The Morgan fingerprint density at radius 3 is 2.86 bits per heavy atom. The second-order valence-electron chi connectivity index (χ2n) is 5.21. The Hall–Kier alpha value is -1.92. The van der Waals surface area contributed by atoms with Gasteiger partial charge < -0.3 is 15.2 Å². The molecule has 0 fully saturated rings. The van der Waals surface area contributed by atoms with E-state index in [0.717, 1.165) is 5.01 Å². The fourth-order valence-electron chi connectivity index (χ4n) is 1.93. The van der Waals surface area contributed by atoms with Crippen LogP contribution in [0.2, 0.25) is 0 Å². The number of ether oxygens (including phenoxy) is 1. The molecule has 2 aromatic rings. The van der Waals surface area contributed by atoms with Crippen LogP contribution in [0.15, 0.2) is 30.5 Å². The van der Waals surface area contributed by atoms with Crippen LogP contribution in [-0.4, -0.2) is 28.6 Å².